The molecular weight excluding hydrogens is 330 g/mol. The van der Waals surface area contributed by atoms with Crippen LogP contribution in [0.1, 0.15) is 26.7 Å². The minimum absolute atomic E-state index is 0.0874. The summed E-state index contributed by atoms with van der Waals surface area (Å²) in [5.41, 5.74) is 7.16. The summed E-state index contributed by atoms with van der Waals surface area (Å²) in [4.78, 5) is 14.2. The largest absolute Gasteiger partial charge is 0.486 e. The molecule has 1 fully saturated rings. The molecule has 0 saturated carbocycles. The zero-order valence-corrected chi connectivity index (χ0v) is 15.2. The van der Waals surface area contributed by atoms with Crippen LogP contribution in [0.2, 0.25) is 0 Å². The van der Waals surface area contributed by atoms with E-state index in [0.29, 0.717) is 18.1 Å². The first-order chi connectivity index (χ1) is 12.4. The molecule has 4 rings (SSSR count). The zero-order chi connectivity index (χ0) is 18.3. The standard InChI is InChI=1S/C19H25N5O2/c1-19(2,25)11-24-8-5-12(6-9-24)26-16-15-13-4-3-7-21-18(13)23-14(15)10-22-17(16)20/h3-4,7,10,12,25H,5-6,8-9,11H2,1-2H3,(H2,20,22)(H,21,23). The second-order valence-electron chi connectivity index (χ2n) is 7.69. The van der Waals surface area contributed by atoms with E-state index >= 15 is 0 Å². The molecule has 3 aromatic rings. The number of nitrogens with one attached hydrogen (secondary N) is 1. The smallest absolute Gasteiger partial charge is 0.171 e. The average molecular weight is 355 g/mol. The molecule has 0 spiro atoms. The first-order valence-corrected chi connectivity index (χ1v) is 9.03. The first kappa shape index (κ1) is 17.1. The molecule has 0 radical (unpaired) electrons. The van der Waals surface area contributed by atoms with E-state index in [0.717, 1.165) is 47.9 Å². The summed E-state index contributed by atoms with van der Waals surface area (Å²) in [5, 5.41) is 11.9. The Morgan fingerprint density at radius 3 is 2.85 bits per heavy atom. The maximum atomic E-state index is 10.00. The van der Waals surface area contributed by atoms with Crippen molar-refractivity contribution in [2.45, 2.75) is 38.4 Å². The molecule has 0 aromatic carbocycles. The Kier molecular flexibility index (Phi) is 4.20. The lowest BCUT2D eigenvalue weighted by molar-refractivity contribution is 0.0143. The monoisotopic (exact) mass is 355 g/mol. The number of nitrogens with two attached hydrogens (primary N) is 1. The number of fused-ring (bicyclic) bond motifs is 3. The molecule has 1 aliphatic rings. The Morgan fingerprint density at radius 1 is 1.35 bits per heavy atom. The number of piperidine rings is 1. The second-order valence-corrected chi connectivity index (χ2v) is 7.69. The molecule has 4 heterocycles. The van der Waals surface area contributed by atoms with Gasteiger partial charge in [-0.1, -0.05) is 0 Å². The third kappa shape index (κ3) is 3.32. The molecule has 0 aliphatic carbocycles. The maximum Gasteiger partial charge on any atom is 0.171 e. The molecule has 0 atom stereocenters. The minimum atomic E-state index is -0.676. The minimum Gasteiger partial charge on any atom is -0.486 e. The number of ether oxygens (including phenoxy) is 1. The van der Waals surface area contributed by atoms with Gasteiger partial charge in [-0.15, -0.1) is 0 Å². The zero-order valence-electron chi connectivity index (χ0n) is 15.2. The topological polar surface area (TPSA) is 100 Å². The Bertz CT molecular complexity index is 923. The summed E-state index contributed by atoms with van der Waals surface area (Å²) in [6.07, 6.45) is 5.36. The number of nitrogens with zero attached hydrogens (tertiary/aromatic N) is 3. The number of rotatable bonds is 4. The molecule has 4 N–H and O–H groups in total. The van der Waals surface area contributed by atoms with Gasteiger partial charge in [0.1, 0.15) is 11.8 Å². The van der Waals surface area contributed by atoms with Crippen LogP contribution in [-0.2, 0) is 0 Å². The van der Waals surface area contributed by atoms with Crippen LogP contribution in [0, 0.1) is 0 Å². The van der Waals surface area contributed by atoms with E-state index in [2.05, 4.69) is 19.9 Å². The number of hydrogen-bond acceptors (Lipinski definition) is 6. The van der Waals surface area contributed by atoms with E-state index in [1.54, 1.807) is 12.4 Å². The summed E-state index contributed by atoms with van der Waals surface area (Å²) in [6.45, 7) is 6.15. The van der Waals surface area contributed by atoms with Crippen molar-refractivity contribution in [1.29, 1.82) is 0 Å². The molecule has 1 saturated heterocycles. The van der Waals surface area contributed by atoms with Gasteiger partial charge in [0.2, 0.25) is 0 Å². The van der Waals surface area contributed by atoms with Crippen LogP contribution in [0.3, 0.4) is 0 Å². The highest BCUT2D eigenvalue weighted by Gasteiger charge is 2.26. The number of pyridine rings is 2. The summed E-state index contributed by atoms with van der Waals surface area (Å²) in [7, 11) is 0. The van der Waals surface area contributed by atoms with Gasteiger partial charge < -0.3 is 25.5 Å². The quantitative estimate of drug-likeness (QED) is 0.664. The Labute approximate surface area is 152 Å². The van der Waals surface area contributed by atoms with Crippen molar-refractivity contribution in [2.75, 3.05) is 25.4 Å². The van der Waals surface area contributed by atoms with Gasteiger partial charge >= 0.3 is 0 Å². The second kappa shape index (κ2) is 6.41. The van der Waals surface area contributed by atoms with Crippen molar-refractivity contribution in [1.82, 2.24) is 19.9 Å². The Balaban J connectivity index is 1.57. The Morgan fingerprint density at radius 2 is 2.12 bits per heavy atom. The van der Waals surface area contributed by atoms with E-state index < -0.39 is 5.60 Å². The molecule has 3 aromatic heterocycles. The number of aliphatic hydroxyl groups is 1. The molecule has 7 nitrogen and oxygen atoms in total. The van der Waals surface area contributed by atoms with Crippen LogP contribution in [0.4, 0.5) is 5.82 Å². The molecule has 0 amide bonds. The van der Waals surface area contributed by atoms with Gasteiger partial charge in [-0.05, 0) is 38.8 Å². The van der Waals surface area contributed by atoms with Crippen LogP contribution in [0.5, 0.6) is 5.75 Å². The van der Waals surface area contributed by atoms with E-state index in [1.165, 1.54) is 0 Å². The summed E-state index contributed by atoms with van der Waals surface area (Å²) in [6, 6.07) is 3.92. The molecule has 138 valence electrons. The van der Waals surface area contributed by atoms with Crippen molar-refractivity contribution in [3.05, 3.63) is 24.5 Å². The molecule has 0 unspecified atom stereocenters. The predicted octanol–water partition coefficient (Wildman–Crippen LogP) is 2.31. The summed E-state index contributed by atoms with van der Waals surface area (Å²) < 4.78 is 6.32. The maximum absolute atomic E-state index is 10.00. The highest BCUT2D eigenvalue weighted by Crippen LogP contribution is 2.36. The van der Waals surface area contributed by atoms with Crippen LogP contribution in [0.15, 0.2) is 24.5 Å². The number of aromatic amines is 1. The molecule has 1 aliphatic heterocycles. The number of aromatic nitrogens is 3. The third-order valence-corrected chi connectivity index (χ3v) is 4.82. The van der Waals surface area contributed by atoms with Crippen molar-refractivity contribution in [3.8, 4) is 5.75 Å². The van der Waals surface area contributed by atoms with Gasteiger partial charge in [0.15, 0.2) is 11.6 Å². The fraction of sp³-hybridized carbons (Fsp3) is 0.474. The summed E-state index contributed by atoms with van der Waals surface area (Å²) >= 11 is 0. The Hall–Kier alpha value is -2.38. The number of hydrogen-bond donors (Lipinski definition) is 3. The van der Waals surface area contributed by atoms with Gasteiger partial charge in [-0.25, -0.2) is 9.97 Å². The van der Waals surface area contributed by atoms with Crippen molar-refractivity contribution in [2.24, 2.45) is 0 Å². The van der Waals surface area contributed by atoms with Gasteiger partial charge in [-0.3, -0.25) is 0 Å². The predicted molar refractivity (Wildman–Crippen MR) is 102 cm³/mol. The lowest BCUT2D eigenvalue weighted by Gasteiger charge is -2.35. The number of anilines is 1. The van der Waals surface area contributed by atoms with Crippen molar-refractivity contribution >= 4 is 27.8 Å². The van der Waals surface area contributed by atoms with Crippen LogP contribution in [-0.4, -0.2) is 56.3 Å². The van der Waals surface area contributed by atoms with E-state index in [4.69, 9.17) is 10.5 Å². The molecule has 0 bridgehead atoms. The molecule has 26 heavy (non-hydrogen) atoms. The van der Waals surface area contributed by atoms with Gasteiger partial charge in [0.25, 0.3) is 0 Å². The van der Waals surface area contributed by atoms with Crippen LogP contribution >= 0.6 is 0 Å². The molecular formula is C19H25N5O2. The first-order valence-electron chi connectivity index (χ1n) is 9.03. The van der Waals surface area contributed by atoms with Crippen LogP contribution < -0.4 is 10.5 Å². The highest BCUT2D eigenvalue weighted by atomic mass is 16.5. The SMILES string of the molecule is CC(C)(O)CN1CCC(Oc2c(N)ncc3[nH]c4ncccc4c23)CC1. The lowest BCUT2D eigenvalue weighted by Crippen LogP contribution is -2.45. The van der Waals surface area contributed by atoms with Gasteiger partial charge in [-0.2, -0.15) is 0 Å². The van der Waals surface area contributed by atoms with Crippen molar-refractivity contribution in [3.63, 3.8) is 0 Å². The molecule has 7 heteroatoms. The number of likely N-dealkylation sites (tertiary alicyclic amines) is 1. The fourth-order valence-electron chi connectivity index (χ4n) is 3.72. The normalized spacial score (nSPS) is 17.2. The van der Waals surface area contributed by atoms with E-state index in [1.807, 2.05) is 26.0 Å². The third-order valence-electron chi connectivity index (χ3n) is 4.82. The number of nitrogen functional groups attached to an aromatic ring is 1. The highest BCUT2D eigenvalue weighted by molar-refractivity contribution is 6.10. The van der Waals surface area contributed by atoms with Gasteiger partial charge in [0, 0.05) is 31.2 Å². The average Bonchev–Trinajstić information content (AvgIpc) is 2.96. The van der Waals surface area contributed by atoms with Crippen LogP contribution in [0.25, 0.3) is 21.9 Å². The summed E-state index contributed by atoms with van der Waals surface area (Å²) in [5.74, 6) is 1.05. The lowest BCUT2D eigenvalue weighted by atomic mass is 10.0. The van der Waals surface area contributed by atoms with Crippen molar-refractivity contribution < 1.29 is 9.84 Å². The fourth-order valence-corrected chi connectivity index (χ4v) is 3.72. The number of β-amino-alcohol motifs (C(OH)–C–C–N with tert-alkyl or cyclic N) is 1. The number of H-pyrrole nitrogens is 1. The van der Waals surface area contributed by atoms with Gasteiger partial charge in [0.05, 0.1) is 22.7 Å². The van der Waals surface area contributed by atoms with E-state index in [-0.39, 0.29) is 6.10 Å². The van der Waals surface area contributed by atoms with E-state index in [9.17, 15) is 5.11 Å².